The molecule has 7 nitrogen and oxygen atoms in total. The van der Waals surface area contributed by atoms with E-state index in [1.807, 2.05) is 47.8 Å². The molecule has 0 aliphatic carbocycles. The number of amides is 1. The summed E-state index contributed by atoms with van der Waals surface area (Å²) in [5, 5.41) is 5.34. The lowest BCUT2D eigenvalue weighted by atomic mass is 10.0. The third-order valence-electron chi connectivity index (χ3n) is 5.89. The Labute approximate surface area is 203 Å². The third-order valence-corrected chi connectivity index (χ3v) is 6.79. The summed E-state index contributed by atoms with van der Waals surface area (Å²) in [6.07, 6.45) is 0. The second-order valence-corrected chi connectivity index (χ2v) is 9.04. The molecule has 1 aromatic heterocycles. The first-order valence-corrected chi connectivity index (χ1v) is 12.1. The number of benzene rings is 2. The Balaban J connectivity index is 1.34. The van der Waals surface area contributed by atoms with Gasteiger partial charge in [-0.25, -0.2) is 4.79 Å². The van der Waals surface area contributed by atoms with Crippen molar-refractivity contribution >= 4 is 28.2 Å². The molecule has 34 heavy (non-hydrogen) atoms. The molecule has 0 spiro atoms. The number of carbonyl (C=O) groups is 2. The molecule has 1 aliphatic rings. The van der Waals surface area contributed by atoms with Crippen LogP contribution in [0.1, 0.15) is 15.9 Å². The van der Waals surface area contributed by atoms with Crippen molar-refractivity contribution in [1.29, 1.82) is 0 Å². The molecule has 3 aromatic rings. The van der Waals surface area contributed by atoms with Gasteiger partial charge in [0, 0.05) is 43.7 Å². The van der Waals surface area contributed by atoms with Crippen LogP contribution in [0.2, 0.25) is 0 Å². The number of carbonyl (C=O) groups excluding carboxylic acids is 2. The zero-order valence-electron chi connectivity index (χ0n) is 19.5. The van der Waals surface area contributed by atoms with Crippen LogP contribution in [0.5, 0.6) is 5.75 Å². The molecule has 0 saturated carbocycles. The van der Waals surface area contributed by atoms with E-state index in [2.05, 4.69) is 27.2 Å². The van der Waals surface area contributed by atoms with E-state index in [1.54, 1.807) is 7.11 Å². The number of methoxy groups -OCH3 is 2. The van der Waals surface area contributed by atoms with Gasteiger partial charge in [-0.15, -0.1) is 11.3 Å². The van der Waals surface area contributed by atoms with Crippen LogP contribution in [0, 0.1) is 0 Å². The van der Waals surface area contributed by atoms with Gasteiger partial charge in [0.15, 0.2) is 0 Å². The number of ether oxygens (including phenoxy) is 2. The Morgan fingerprint density at radius 3 is 2.41 bits per heavy atom. The van der Waals surface area contributed by atoms with Gasteiger partial charge in [0.25, 0.3) is 0 Å². The number of thiophene rings is 1. The van der Waals surface area contributed by atoms with Crippen molar-refractivity contribution in [2.24, 2.45) is 0 Å². The number of hydrogen-bond acceptors (Lipinski definition) is 7. The van der Waals surface area contributed by atoms with Gasteiger partial charge < -0.3 is 14.8 Å². The molecular formula is C26H29N3O4S. The number of anilines is 1. The highest BCUT2D eigenvalue weighted by Crippen LogP contribution is 2.36. The topological polar surface area (TPSA) is 71.1 Å². The molecule has 0 bridgehead atoms. The van der Waals surface area contributed by atoms with E-state index in [-0.39, 0.29) is 12.5 Å². The second kappa shape index (κ2) is 11.3. The van der Waals surface area contributed by atoms with Crippen LogP contribution >= 0.6 is 11.3 Å². The molecule has 1 aliphatic heterocycles. The first kappa shape index (κ1) is 23.9. The summed E-state index contributed by atoms with van der Waals surface area (Å²) in [4.78, 5) is 29.8. The Bertz CT molecular complexity index is 1120. The monoisotopic (exact) mass is 479 g/mol. The molecule has 4 rings (SSSR count). The number of hydrogen-bond donors (Lipinski definition) is 1. The van der Waals surface area contributed by atoms with Crippen molar-refractivity contribution < 1.29 is 19.1 Å². The van der Waals surface area contributed by atoms with E-state index in [4.69, 9.17) is 9.47 Å². The maximum absolute atomic E-state index is 12.8. The molecule has 1 amide bonds. The average Bonchev–Trinajstić information content (AvgIpc) is 3.28. The van der Waals surface area contributed by atoms with Crippen LogP contribution in [-0.2, 0) is 16.1 Å². The largest absolute Gasteiger partial charge is 0.497 e. The van der Waals surface area contributed by atoms with Crippen molar-refractivity contribution in [1.82, 2.24) is 9.80 Å². The summed E-state index contributed by atoms with van der Waals surface area (Å²) in [5.41, 5.74) is 3.29. The molecule has 1 N–H and O–H groups in total. The molecule has 0 unspecified atom stereocenters. The molecule has 1 fully saturated rings. The Kier molecular flexibility index (Phi) is 7.95. The predicted octanol–water partition coefficient (Wildman–Crippen LogP) is 3.97. The smallest absolute Gasteiger partial charge is 0.341 e. The zero-order valence-corrected chi connectivity index (χ0v) is 20.3. The van der Waals surface area contributed by atoms with E-state index in [1.165, 1.54) is 24.0 Å². The molecule has 0 radical (unpaired) electrons. The van der Waals surface area contributed by atoms with Gasteiger partial charge in [0.2, 0.25) is 5.91 Å². The van der Waals surface area contributed by atoms with Crippen LogP contribution in [0.25, 0.3) is 11.1 Å². The van der Waals surface area contributed by atoms with Gasteiger partial charge in [-0.3, -0.25) is 14.6 Å². The number of esters is 1. The fraction of sp³-hybridized carbons (Fsp3) is 0.308. The lowest BCUT2D eigenvalue weighted by molar-refractivity contribution is -0.117. The van der Waals surface area contributed by atoms with Gasteiger partial charge in [0.05, 0.1) is 20.8 Å². The van der Waals surface area contributed by atoms with Crippen LogP contribution in [-0.4, -0.2) is 68.6 Å². The zero-order chi connectivity index (χ0) is 23.9. The highest BCUT2D eigenvalue weighted by atomic mass is 32.1. The second-order valence-electron chi connectivity index (χ2n) is 8.16. The fourth-order valence-corrected chi connectivity index (χ4v) is 5.06. The number of nitrogens with one attached hydrogen (secondary N) is 1. The Morgan fingerprint density at radius 2 is 1.71 bits per heavy atom. The summed E-state index contributed by atoms with van der Waals surface area (Å²) >= 11 is 1.34. The molecule has 0 atom stereocenters. The minimum atomic E-state index is -0.457. The van der Waals surface area contributed by atoms with Crippen molar-refractivity contribution in [3.8, 4) is 16.9 Å². The highest BCUT2D eigenvalue weighted by Gasteiger charge is 2.24. The maximum atomic E-state index is 12.8. The van der Waals surface area contributed by atoms with E-state index in [9.17, 15) is 9.59 Å². The first-order valence-electron chi connectivity index (χ1n) is 11.2. The molecule has 178 valence electrons. The van der Waals surface area contributed by atoms with Crippen LogP contribution < -0.4 is 10.1 Å². The molecular weight excluding hydrogens is 450 g/mol. The molecule has 2 heterocycles. The van der Waals surface area contributed by atoms with E-state index in [0.29, 0.717) is 10.6 Å². The number of piperazine rings is 1. The quantitative estimate of drug-likeness (QED) is 0.493. The summed E-state index contributed by atoms with van der Waals surface area (Å²) in [6.45, 7) is 4.52. The van der Waals surface area contributed by atoms with Gasteiger partial charge in [0.1, 0.15) is 16.3 Å². The van der Waals surface area contributed by atoms with Gasteiger partial charge in [-0.2, -0.15) is 0 Å². The lowest BCUT2D eigenvalue weighted by Crippen LogP contribution is -2.48. The third kappa shape index (κ3) is 5.83. The molecule has 8 heteroatoms. The van der Waals surface area contributed by atoms with Crippen molar-refractivity contribution in [2.75, 3.05) is 52.3 Å². The predicted molar refractivity (Wildman–Crippen MR) is 134 cm³/mol. The van der Waals surface area contributed by atoms with E-state index in [0.717, 1.165) is 49.6 Å². The summed E-state index contributed by atoms with van der Waals surface area (Å²) in [6, 6.07) is 17.7. The summed E-state index contributed by atoms with van der Waals surface area (Å²) < 4.78 is 10.3. The van der Waals surface area contributed by atoms with Crippen LogP contribution in [0.3, 0.4) is 0 Å². The number of rotatable bonds is 8. The molecule has 2 aromatic carbocycles. The number of nitrogens with zero attached hydrogens (tertiary/aromatic N) is 2. The van der Waals surface area contributed by atoms with Crippen LogP contribution in [0.15, 0.2) is 60.0 Å². The van der Waals surface area contributed by atoms with Crippen LogP contribution in [0.4, 0.5) is 5.00 Å². The van der Waals surface area contributed by atoms with E-state index >= 15 is 0 Å². The normalized spacial score (nSPS) is 14.5. The highest BCUT2D eigenvalue weighted by molar-refractivity contribution is 7.15. The standard InChI is InChI=1S/C26H29N3O4S/c1-32-21-10-6-7-19(15-21)16-28-11-13-29(14-12-28)17-23(30)27-25-24(26(31)33-2)22(18-34-25)20-8-4-3-5-9-20/h3-10,15,18H,11-14,16-17H2,1-2H3,(H,27,30). The average molecular weight is 480 g/mol. The lowest BCUT2D eigenvalue weighted by Gasteiger charge is -2.34. The van der Waals surface area contributed by atoms with E-state index < -0.39 is 5.97 Å². The maximum Gasteiger partial charge on any atom is 0.341 e. The molecule has 1 saturated heterocycles. The Hall–Kier alpha value is -3.20. The van der Waals surface area contributed by atoms with Crippen molar-refractivity contribution in [3.63, 3.8) is 0 Å². The SMILES string of the molecule is COC(=O)c1c(-c2ccccc2)csc1NC(=O)CN1CCN(Cc2cccc(OC)c2)CC1. The van der Waals surface area contributed by atoms with Gasteiger partial charge in [-0.05, 0) is 23.3 Å². The summed E-state index contributed by atoms with van der Waals surface area (Å²) in [5.74, 6) is 0.276. The first-order chi connectivity index (χ1) is 16.6. The van der Waals surface area contributed by atoms with Gasteiger partial charge in [-0.1, -0.05) is 42.5 Å². The Morgan fingerprint density at radius 1 is 0.971 bits per heavy atom. The fourth-order valence-electron chi connectivity index (χ4n) is 4.09. The minimum absolute atomic E-state index is 0.132. The minimum Gasteiger partial charge on any atom is -0.497 e. The van der Waals surface area contributed by atoms with Gasteiger partial charge >= 0.3 is 5.97 Å². The van der Waals surface area contributed by atoms with Crippen molar-refractivity contribution in [2.45, 2.75) is 6.54 Å². The van der Waals surface area contributed by atoms with Crippen molar-refractivity contribution in [3.05, 3.63) is 71.1 Å². The summed E-state index contributed by atoms with van der Waals surface area (Å²) in [7, 11) is 3.03.